The molecule has 1 aliphatic heterocycles. The molecule has 6 atom stereocenters. The Labute approximate surface area is 160 Å². The minimum Gasteiger partial charge on any atom is -0.323 e. The van der Waals surface area contributed by atoms with Crippen molar-refractivity contribution >= 4 is 46.6 Å². The van der Waals surface area contributed by atoms with Gasteiger partial charge in [0.2, 0.25) is 17.7 Å². The van der Waals surface area contributed by atoms with Crippen LogP contribution < -0.4 is 5.32 Å². The number of allylic oxidation sites excluding steroid dienone is 2. The van der Waals surface area contributed by atoms with Crippen LogP contribution in [0.25, 0.3) is 0 Å². The third-order valence-corrected chi connectivity index (χ3v) is 6.81. The van der Waals surface area contributed by atoms with Crippen molar-refractivity contribution in [1.82, 2.24) is 4.90 Å². The molecule has 1 aromatic rings. The first-order valence-corrected chi connectivity index (χ1v) is 9.50. The Hall–Kier alpha value is -1.85. The first kappa shape index (κ1) is 16.3. The first-order chi connectivity index (χ1) is 12.5. The number of imide groups is 1. The highest BCUT2D eigenvalue weighted by molar-refractivity contribution is 6.36. The van der Waals surface area contributed by atoms with E-state index in [1.54, 1.807) is 12.1 Å². The second-order valence-corrected chi connectivity index (χ2v) is 8.43. The monoisotopic (exact) mass is 390 g/mol. The van der Waals surface area contributed by atoms with Crippen molar-refractivity contribution in [2.75, 3.05) is 11.9 Å². The van der Waals surface area contributed by atoms with Gasteiger partial charge in [0.15, 0.2) is 0 Å². The molecule has 5 nitrogen and oxygen atoms in total. The SMILES string of the molecule is O=C(CN1C(=O)[C@@H]2[C@H]3C=C[C@H]([C@H]4C[C@H]34)[C@@H]2C1=O)Nc1ccc(Cl)cc1Cl. The fraction of sp³-hybridized carbons (Fsp3) is 0.421. The fourth-order valence-electron chi connectivity index (χ4n) is 5.10. The van der Waals surface area contributed by atoms with Crippen LogP contribution in [-0.4, -0.2) is 29.2 Å². The van der Waals surface area contributed by atoms with Crippen molar-refractivity contribution in [1.29, 1.82) is 0 Å². The topological polar surface area (TPSA) is 66.5 Å². The quantitative estimate of drug-likeness (QED) is 0.637. The smallest absolute Gasteiger partial charge is 0.244 e. The first-order valence-electron chi connectivity index (χ1n) is 8.74. The summed E-state index contributed by atoms with van der Waals surface area (Å²) in [4.78, 5) is 39.2. The van der Waals surface area contributed by atoms with Gasteiger partial charge in [-0.25, -0.2) is 0 Å². The minimum absolute atomic E-state index is 0.158. The van der Waals surface area contributed by atoms with Gasteiger partial charge < -0.3 is 5.32 Å². The van der Waals surface area contributed by atoms with Crippen LogP contribution in [0.5, 0.6) is 0 Å². The van der Waals surface area contributed by atoms with Crippen molar-refractivity contribution in [3.05, 3.63) is 40.4 Å². The molecule has 3 fully saturated rings. The number of carbonyl (C=O) groups is 3. The molecular formula is C19H16Cl2N2O3. The van der Waals surface area contributed by atoms with E-state index in [9.17, 15) is 14.4 Å². The van der Waals surface area contributed by atoms with E-state index in [1.165, 1.54) is 6.07 Å². The van der Waals surface area contributed by atoms with Gasteiger partial charge in [-0.3, -0.25) is 19.3 Å². The molecule has 0 radical (unpaired) electrons. The van der Waals surface area contributed by atoms with E-state index in [2.05, 4.69) is 17.5 Å². The number of benzene rings is 1. The van der Waals surface area contributed by atoms with Crippen LogP contribution in [0.15, 0.2) is 30.4 Å². The lowest BCUT2D eigenvalue weighted by molar-refractivity contribution is -0.142. The number of anilines is 1. The van der Waals surface area contributed by atoms with E-state index in [4.69, 9.17) is 23.2 Å². The largest absolute Gasteiger partial charge is 0.323 e. The number of carbonyl (C=O) groups excluding carboxylic acids is 3. The zero-order chi connectivity index (χ0) is 18.2. The lowest BCUT2D eigenvalue weighted by atomic mass is 9.63. The number of amides is 3. The van der Waals surface area contributed by atoms with Gasteiger partial charge in [-0.05, 0) is 48.3 Å². The Kier molecular flexibility index (Phi) is 3.50. The van der Waals surface area contributed by atoms with E-state index in [0.717, 1.165) is 11.3 Å². The molecule has 0 unspecified atom stereocenters. The summed E-state index contributed by atoms with van der Waals surface area (Å²) in [5, 5.41) is 3.42. The summed E-state index contributed by atoms with van der Waals surface area (Å²) >= 11 is 11.9. The molecule has 1 N–H and O–H groups in total. The van der Waals surface area contributed by atoms with Gasteiger partial charge in [-0.15, -0.1) is 0 Å². The number of nitrogens with one attached hydrogen (secondary N) is 1. The number of hydrogen-bond donors (Lipinski definition) is 1. The van der Waals surface area contributed by atoms with Crippen molar-refractivity contribution in [2.24, 2.45) is 35.5 Å². The number of likely N-dealkylation sites (tertiary alicyclic amines) is 1. The number of nitrogens with zero attached hydrogens (tertiary/aromatic N) is 1. The molecule has 3 amide bonds. The van der Waals surface area contributed by atoms with Crippen LogP contribution in [0.1, 0.15) is 6.42 Å². The molecule has 0 aromatic heterocycles. The van der Waals surface area contributed by atoms with Crippen molar-refractivity contribution < 1.29 is 14.4 Å². The van der Waals surface area contributed by atoms with E-state index in [1.807, 2.05) is 0 Å². The third-order valence-electron chi connectivity index (χ3n) is 6.26. The van der Waals surface area contributed by atoms with Crippen LogP contribution in [0, 0.1) is 35.5 Å². The zero-order valence-electron chi connectivity index (χ0n) is 13.7. The van der Waals surface area contributed by atoms with E-state index in [-0.39, 0.29) is 42.0 Å². The predicted molar refractivity (Wildman–Crippen MR) is 96.5 cm³/mol. The fourth-order valence-corrected chi connectivity index (χ4v) is 5.55. The van der Waals surface area contributed by atoms with Crippen LogP contribution in [0.3, 0.4) is 0 Å². The molecule has 1 saturated heterocycles. The van der Waals surface area contributed by atoms with Crippen molar-refractivity contribution in [3.8, 4) is 0 Å². The lowest BCUT2D eigenvalue weighted by Gasteiger charge is -2.37. The summed E-state index contributed by atoms with van der Waals surface area (Å²) < 4.78 is 0. The highest BCUT2D eigenvalue weighted by atomic mass is 35.5. The molecular weight excluding hydrogens is 375 g/mol. The summed E-state index contributed by atoms with van der Waals surface area (Å²) in [6.45, 7) is -0.279. The summed E-state index contributed by atoms with van der Waals surface area (Å²) in [6, 6.07) is 4.72. The lowest BCUT2D eigenvalue weighted by Crippen LogP contribution is -2.40. The summed E-state index contributed by atoms with van der Waals surface area (Å²) in [7, 11) is 0. The minimum atomic E-state index is -0.444. The molecule has 2 bridgehead atoms. The van der Waals surface area contributed by atoms with Gasteiger partial charge in [0, 0.05) is 5.02 Å². The van der Waals surface area contributed by atoms with Gasteiger partial charge in [0.05, 0.1) is 22.5 Å². The summed E-state index contributed by atoms with van der Waals surface area (Å²) in [5.74, 6) is -0.0183. The maximum absolute atomic E-state index is 12.9. The summed E-state index contributed by atoms with van der Waals surface area (Å²) in [6.07, 6.45) is 5.34. The summed E-state index contributed by atoms with van der Waals surface area (Å²) in [5.41, 5.74) is 0.403. The average molecular weight is 391 g/mol. The molecule has 5 aliphatic rings. The Morgan fingerprint density at radius 3 is 2.27 bits per heavy atom. The van der Waals surface area contributed by atoms with Gasteiger partial charge >= 0.3 is 0 Å². The predicted octanol–water partition coefficient (Wildman–Crippen LogP) is 2.99. The Bertz CT molecular complexity index is 848. The maximum atomic E-state index is 12.9. The standard InChI is InChI=1S/C19H16Cl2N2O3/c20-8-1-4-14(13(21)5-8)22-15(24)7-23-18(25)16-9-2-3-10(12-6-11(9)12)17(16)19(23)26/h1-5,9-12,16-17H,6-7H2,(H,22,24)/t9-,10+,11-,12-,16+,17-/m1/s1. The third kappa shape index (κ3) is 2.26. The molecule has 6 rings (SSSR count). The zero-order valence-corrected chi connectivity index (χ0v) is 15.2. The highest BCUT2D eigenvalue weighted by Crippen LogP contribution is 2.65. The van der Waals surface area contributed by atoms with Gasteiger partial charge in [-0.2, -0.15) is 0 Å². The second-order valence-electron chi connectivity index (χ2n) is 7.59. The highest BCUT2D eigenvalue weighted by Gasteiger charge is 2.67. The van der Waals surface area contributed by atoms with Crippen molar-refractivity contribution in [2.45, 2.75) is 6.42 Å². The molecule has 1 heterocycles. The molecule has 134 valence electrons. The van der Waals surface area contributed by atoms with E-state index < -0.39 is 5.91 Å². The maximum Gasteiger partial charge on any atom is 0.244 e. The Morgan fingerprint density at radius 2 is 1.69 bits per heavy atom. The number of hydrogen-bond acceptors (Lipinski definition) is 3. The van der Waals surface area contributed by atoms with Crippen LogP contribution in [0.2, 0.25) is 10.0 Å². The van der Waals surface area contributed by atoms with E-state index >= 15 is 0 Å². The number of rotatable bonds is 3. The van der Waals surface area contributed by atoms with Gasteiger partial charge in [0.25, 0.3) is 0 Å². The second kappa shape index (κ2) is 5.57. The number of halogens is 2. The van der Waals surface area contributed by atoms with E-state index in [0.29, 0.717) is 27.6 Å². The molecule has 1 aromatic carbocycles. The molecule has 7 heteroatoms. The molecule has 4 aliphatic carbocycles. The van der Waals surface area contributed by atoms with Crippen LogP contribution in [0.4, 0.5) is 5.69 Å². The van der Waals surface area contributed by atoms with Gasteiger partial charge in [0.1, 0.15) is 6.54 Å². The normalized spacial score (nSPS) is 36.2. The Balaban J connectivity index is 1.33. The Morgan fingerprint density at radius 1 is 1.08 bits per heavy atom. The average Bonchev–Trinajstić information content (AvgIpc) is 3.39. The molecule has 0 spiro atoms. The molecule has 26 heavy (non-hydrogen) atoms. The molecule has 2 saturated carbocycles. The van der Waals surface area contributed by atoms with Crippen molar-refractivity contribution in [3.63, 3.8) is 0 Å². The van der Waals surface area contributed by atoms with Crippen LogP contribution in [-0.2, 0) is 14.4 Å². The van der Waals surface area contributed by atoms with Gasteiger partial charge in [-0.1, -0.05) is 35.4 Å². The van der Waals surface area contributed by atoms with Crippen LogP contribution >= 0.6 is 23.2 Å².